The Hall–Kier alpha value is -3.16. The van der Waals surface area contributed by atoms with Crippen LogP contribution in [0, 0.1) is 13.8 Å². The Bertz CT molecular complexity index is 1170. The molecule has 1 aliphatic rings. The van der Waals surface area contributed by atoms with Gasteiger partial charge in [0.25, 0.3) is 5.56 Å². The van der Waals surface area contributed by atoms with Crippen molar-refractivity contribution in [3.05, 3.63) is 81.1 Å². The van der Waals surface area contributed by atoms with E-state index in [9.17, 15) is 9.59 Å². The summed E-state index contributed by atoms with van der Waals surface area (Å²) < 4.78 is 5.43. The Kier molecular flexibility index (Phi) is 7.98. The Balaban J connectivity index is 1.49. The second kappa shape index (κ2) is 11.3. The van der Waals surface area contributed by atoms with E-state index in [4.69, 9.17) is 4.74 Å². The van der Waals surface area contributed by atoms with Crippen molar-refractivity contribution in [2.24, 2.45) is 0 Å². The lowest BCUT2D eigenvalue weighted by atomic mass is 10.0. The number of hydrogen-bond acceptors (Lipinski definition) is 4. The summed E-state index contributed by atoms with van der Waals surface area (Å²) in [4.78, 5) is 33.2. The number of ether oxygens (including phenoxy) is 1. The topological polar surface area (TPSA) is 77.7 Å². The molecule has 1 aliphatic heterocycles. The van der Waals surface area contributed by atoms with E-state index in [1.54, 1.807) is 4.90 Å². The van der Waals surface area contributed by atoms with Gasteiger partial charge in [0.05, 0.1) is 25.3 Å². The third-order valence-corrected chi connectivity index (χ3v) is 6.57. The van der Waals surface area contributed by atoms with Crippen LogP contribution in [0.2, 0.25) is 0 Å². The molecule has 1 saturated heterocycles. The number of rotatable bonds is 8. The first kappa shape index (κ1) is 24.0. The molecular formula is C27H34N4O3. The predicted octanol–water partition coefficient (Wildman–Crippen LogP) is 3.58. The molecule has 0 saturated carbocycles. The smallest absolute Gasteiger partial charge is 0.317 e. The number of aryl methyl sites for hydroxylation is 2. The number of fused-ring (bicyclic) bond motifs is 1. The molecule has 0 bridgehead atoms. The lowest BCUT2D eigenvalue weighted by Crippen LogP contribution is -2.42. The number of nitrogens with one attached hydrogen (secondary N) is 2. The van der Waals surface area contributed by atoms with Gasteiger partial charge in [0.1, 0.15) is 0 Å². The predicted molar refractivity (Wildman–Crippen MR) is 135 cm³/mol. The van der Waals surface area contributed by atoms with Crippen LogP contribution in [0.1, 0.15) is 28.7 Å². The zero-order chi connectivity index (χ0) is 23.9. The molecule has 2 amide bonds. The summed E-state index contributed by atoms with van der Waals surface area (Å²) in [6, 6.07) is 15.7. The highest BCUT2D eigenvalue weighted by Crippen LogP contribution is 2.19. The molecule has 0 atom stereocenters. The zero-order valence-electron chi connectivity index (χ0n) is 20.1. The fourth-order valence-electron chi connectivity index (χ4n) is 4.34. The van der Waals surface area contributed by atoms with E-state index in [1.165, 1.54) is 0 Å². The zero-order valence-corrected chi connectivity index (χ0v) is 20.1. The number of carbonyl (C=O) groups is 1. The van der Waals surface area contributed by atoms with E-state index in [2.05, 4.69) is 21.3 Å². The summed E-state index contributed by atoms with van der Waals surface area (Å²) in [6.45, 7) is 9.59. The molecule has 1 fully saturated rings. The van der Waals surface area contributed by atoms with Gasteiger partial charge in [-0.05, 0) is 48.4 Å². The van der Waals surface area contributed by atoms with Crippen LogP contribution in [0.5, 0.6) is 0 Å². The number of urea groups is 1. The van der Waals surface area contributed by atoms with Crippen LogP contribution < -0.4 is 10.9 Å². The molecule has 0 aliphatic carbocycles. The lowest BCUT2D eigenvalue weighted by molar-refractivity contribution is 0.0364. The third kappa shape index (κ3) is 6.04. The summed E-state index contributed by atoms with van der Waals surface area (Å²) in [5.41, 5.74) is 4.57. The molecule has 0 unspecified atom stereocenters. The number of aromatic nitrogens is 1. The molecule has 0 spiro atoms. The minimum atomic E-state index is -0.162. The van der Waals surface area contributed by atoms with Crippen LogP contribution in [0.4, 0.5) is 4.79 Å². The van der Waals surface area contributed by atoms with Crippen molar-refractivity contribution in [2.45, 2.75) is 33.4 Å². The molecule has 3 aromatic rings. The molecule has 4 rings (SSSR count). The summed E-state index contributed by atoms with van der Waals surface area (Å²) in [6.07, 6.45) is 0.836. The van der Waals surface area contributed by atoms with Gasteiger partial charge in [-0.25, -0.2) is 4.79 Å². The Morgan fingerprint density at radius 3 is 2.65 bits per heavy atom. The van der Waals surface area contributed by atoms with Gasteiger partial charge in [0, 0.05) is 38.3 Å². The molecule has 2 heterocycles. The molecule has 7 heteroatoms. The van der Waals surface area contributed by atoms with E-state index < -0.39 is 0 Å². The van der Waals surface area contributed by atoms with Gasteiger partial charge >= 0.3 is 6.03 Å². The van der Waals surface area contributed by atoms with Crippen molar-refractivity contribution in [3.8, 4) is 0 Å². The first-order chi connectivity index (χ1) is 16.5. The van der Waals surface area contributed by atoms with Crippen LogP contribution >= 0.6 is 0 Å². The number of benzene rings is 2. The second-order valence-electron chi connectivity index (χ2n) is 8.97. The van der Waals surface area contributed by atoms with Crippen molar-refractivity contribution >= 4 is 16.9 Å². The van der Waals surface area contributed by atoms with E-state index in [0.717, 1.165) is 66.9 Å². The van der Waals surface area contributed by atoms with Gasteiger partial charge in [0.15, 0.2) is 0 Å². The average Bonchev–Trinajstić information content (AvgIpc) is 2.86. The fraction of sp³-hybridized carbons (Fsp3) is 0.407. The number of hydrogen-bond donors (Lipinski definition) is 2. The highest BCUT2D eigenvalue weighted by atomic mass is 16.5. The van der Waals surface area contributed by atoms with Crippen LogP contribution in [-0.4, -0.2) is 60.2 Å². The molecule has 7 nitrogen and oxygen atoms in total. The van der Waals surface area contributed by atoms with Crippen molar-refractivity contribution < 1.29 is 9.53 Å². The molecule has 0 radical (unpaired) electrons. The molecule has 180 valence electrons. The maximum absolute atomic E-state index is 13.1. The molecule has 2 N–H and O–H groups in total. The highest BCUT2D eigenvalue weighted by Gasteiger charge is 2.18. The van der Waals surface area contributed by atoms with E-state index in [0.29, 0.717) is 18.7 Å². The number of pyridine rings is 1. The van der Waals surface area contributed by atoms with Gasteiger partial charge in [0.2, 0.25) is 0 Å². The monoisotopic (exact) mass is 462 g/mol. The van der Waals surface area contributed by atoms with Gasteiger partial charge < -0.3 is 19.9 Å². The van der Waals surface area contributed by atoms with Gasteiger partial charge in [-0.3, -0.25) is 9.69 Å². The van der Waals surface area contributed by atoms with Crippen LogP contribution in [-0.2, 0) is 17.8 Å². The molecule has 34 heavy (non-hydrogen) atoms. The number of morpholine rings is 1. The third-order valence-electron chi connectivity index (χ3n) is 6.57. The SMILES string of the molecule is Cc1ccc2cc(CN(CCCN3CCOCC3)C(=O)NCc3ccccc3)c(=O)[nH]c2c1C. The highest BCUT2D eigenvalue weighted by molar-refractivity contribution is 5.83. The maximum Gasteiger partial charge on any atom is 0.317 e. The van der Waals surface area contributed by atoms with E-state index in [-0.39, 0.29) is 18.1 Å². The Labute approximate surface area is 200 Å². The summed E-state index contributed by atoms with van der Waals surface area (Å²) >= 11 is 0. The summed E-state index contributed by atoms with van der Waals surface area (Å²) in [5, 5.41) is 4.00. The first-order valence-corrected chi connectivity index (χ1v) is 12.0. The second-order valence-corrected chi connectivity index (χ2v) is 8.97. The van der Waals surface area contributed by atoms with Gasteiger partial charge in [-0.2, -0.15) is 0 Å². The quantitative estimate of drug-likeness (QED) is 0.537. The van der Waals surface area contributed by atoms with Crippen LogP contribution in [0.3, 0.4) is 0 Å². The van der Waals surface area contributed by atoms with E-state index in [1.807, 2.05) is 56.3 Å². The lowest BCUT2D eigenvalue weighted by Gasteiger charge is -2.28. The number of amides is 2. The van der Waals surface area contributed by atoms with Crippen LogP contribution in [0.25, 0.3) is 10.9 Å². The number of aromatic amines is 1. The summed E-state index contributed by atoms with van der Waals surface area (Å²) in [7, 11) is 0. The summed E-state index contributed by atoms with van der Waals surface area (Å²) in [5.74, 6) is 0. The standard InChI is InChI=1S/C27H34N4O3/c1-20-9-10-23-17-24(26(32)29-25(23)21(20)2)19-31(12-6-11-30-13-15-34-16-14-30)27(33)28-18-22-7-4-3-5-8-22/h3-5,7-10,17H,6,11-16,18-19H2,1-2H3,(H,28,33)(H,29,32). The van der Waals surface area contributed by atoms with Crippen LogP contribution in [0.15, 0.2) is 53.3 Å². The fourth-order valence-corrected chi connectivity index (χ4v) is 4.34. The van der Waals surface area contributed by atoms with Crippen molar-refractivity contribution in [1.29, 1.82) is 0 Å². The normalized spacial score (nSPS) is 14.3. The minimum Gasteiger partial charge on any atom is -0.379 e. The molecule has 1 aromatic heterocycles. The first-order valence-electron chi connectivity index (χ1n) is 12.0. The van der Waals surface area contributed by atoms with Crippen molar-refractivity contribution in [3.63, 3.8) is 0 Å². The van der Waals surface area contributed by atoms with Gasteiger partial charge in [-0.1, -0.05) is 42.5 Å². The number of nitrogens with zero attached hydrogens (tertiary/aromatic N) is 2. The Morgan fingerprint density at radius 1 is 1.12 bits per heavy atom. The molecule has 2 aromatic carbocycles. The minimum absolute atomic E-state index is 0.143. The maximum atomic E-state index is 13.1. The Morgan fingerprint density at radius 2 is 1.88 bits per heavy atom. The van der Waals surface area contributed by atoms with Crippen molar-refractivity contribution in [1.82, 2.24) is 20.1 Å². The van der Waals surface area contributed by atoms with E-state index >= 15 is 0 Å². The number of carbonyl (C=O) groups excluding carboxylic acids is 1. The number of H-pyrrole nitrogens is 1. The largest absolute Gasteiger partial charge is 0.379 e. The molecular weight excluding hydrogens is 428 g/mol. The average molecular weight is 463 g/mol. The van der Waals surface area contributed by atoms with Gasteiger partial charge in [-0.15, -0.1) is 0 Å². The van der Waals surface area contributed by atoms with Crippen molar-refractivity contribution in [2.75, 3.05) is 39.4 Å².